The number of methoxy groups -OCH3 is 1. The largest absolute Gasteiger partial charge is 0.596 e. The Bertz CT molecular complexity index is 246. The highest BCUT2D eigenvalue weighted by molar-refractivity contribution is 5.79. The zero-order chi connectivity index (χ0) is 10.6. The second-order valence-corrected chi connectivity index (χ2v) is 3.27. The highest BCUT2D eigenvalue weighted by Gasteiger charge is 2.53. The summed E-state index contributed by atoms with van der Waals surface area (Å²) in [6.07, 6.45) is 2.59. The van der Waals surface area contributed by atoms with Gasteiger partial charge in [-0.15, -0.1) is 0 Å². The molecule has 14 heavy (non-hydrogen) atoms. The van der Waals surface area contributed by atoms with Gasteiger partial charge in [0.1, 0.15) is 7.11 Å². The molecule has 0 bridgehead atoms. The predicted octanol–water partition coefficient (Wildman–Crippen LogP) is 0.996. The monoisotopic (exact) mass is 202 g/mol. The van der Waals surface area contributed by atoms with E-state index < -0.39 is 11.5 Å². The first kappa shape index (κ1) is 10.7. The minimum Gasteiger partial charge on any atom is -0.596 e. The molecule has 0 unspecified atom stereocenters. The fourth-order valence-corrected chi connectivity index (χ4v) is 1.78. The molecule has 80 valence electrons. The van der Waals surface area contributed by atoms with Crippen LogP contribution >= 0.6 is 0 Å². The topological polar surface area (TPSA) is 74.0 Å². The maximum atomic E-state index is 11.5. The van der Waals surface area contributed by atoms with Crippen molar-refractivity contribution in [2.45, 2.75) is 31.2 Å². The van der Waals surface area contributed by atoms with Gasteiger partial charge in [-0.05, 0) is 17.7 Å². The van der Waals surface area contributed by atoms with Gasteiger partial charge < -0.3 is 14.8 Å². The molecule has 0 aromatic rings. The summed E-state index contributed by atoms with van der Waals surface area (Å²) in [5, 5.41) is 14.7. The number of ether oxygens (including phenoxy) is 1. The summed E-state index contributed by atoms with van der Waals surface area (Å²) in [6, 6.07) is 0. The second-order valence-electron chi connectivity index (χ2n) is 3.27. The molecule has 1 aliphatic rings. The van der Waals surface area contributed by atoms with E-state index in [1.165, 1.54) is 14.2 Å². The van der Waals surface area contributed by atoms with Crippen molar-refractivity contribution in [1.29, 1.82) is 0 Å². The van der Waals surface area contributed by atoms with Gasteiger partial charge in [-0.1, -0.05) is 0 Å². The fourth-order valence-electron chi connectivity index (χ4n) is 1.78. The third-order valence-electron chi connectivity index (χ3n) is 2.52. The van der Waals surface area contributed by atoms with Crippen LogP contribution in [0, 0.1) is 5.21 Å². The molecule has 0 saturated heterocycles. The molecule has 1 rings (SSSR count). The summed E-state index contributed by atoms with van der Waals surface area (Å²) >= 11 is 0. The van der Waals surface area contributed by atoms with Crippen LogP contribution in [0.3, 0.4) is 0 Å². The lowest BCUT2D eigenvalue weighted by Crippen LogP contribution is -2.45. The zero-order valence-corrected chi connectivity index (χ0v) is 8.36. The Balaban J connectivity index is 2.92. The number of hydrogen-bond donors (Lipinski definition) is 0. The van der Waals surface area contributed by atoms with Gasteiger partial charge >= 0.3 is 5.97 Å². The Labute approximate surface area is 82.0 Å². The van der Waals surface area contributed by atoms with Crippen LogP contribution in [-0.4, -0.2) is 30.6 Å². The SMILES string of the molecule is CO/N=[N+](\[O-])C1(C(=O)OC)CCCC1. The van der Waals surface area contributed by atoms with Crippen molar-refractivity contribution in [2.75, 3.05) is 14.2 Å². The second kappa shape index (κ2) is 4.26. The molecular formula is C8H14N2O4. The highest BCUT2D eigenvalue weighted by atomic mass is 16.7. The first-order valence-electron chi connectivity index (χ1n) is 4.47. The van der Waals surface area contributed by atoms with E-state index in [1.807, 2.05) is 0 Å². The quantitative estimate of drug-likeness (QED) is 0.296. The molecule has 0 amide bonds. The van der Waals surface area contributed by atoms with Crippen LogP contribution < -0.4 is 0 Å². The van der Waals surface area contributed by atoms with Crippen molar-refractivity contribution in [3.8, 4) is 0 Å². The van der Waals surface area contributed by atoms with E-state index >= 15 is 0 Å². The van der Waals surface area contributed by atoms with Crippen LogP contribution in [0.2, 0.25) is 0 Å². The minimum absolute atomic E-state index is 0.325. The standard InChI is InChI=1S/C8H14N2O4/c1-13-7(11)8(5-3-4-6-8)10(12)9-14-2/h3-6H2,1-2H3/b10-9-. The van der Waals surface area contributed by atoms with E-state index in [-0.39, 0.29) is 0 Å². The molecule has 0 N–H and O–H groups in total. The van der Waals surface area contributed by atoms with Gasteiger partial charge in [-0.25, -0.2) is 4.79 Å². The number of nitrogens with zero attached hydrogens (tertiary/aromatic N) is 2. The predicted molar refractivity (Wildman–Crippen MR) is 46.3 cm³/mol. The van der Waals surface area contributed by atoms with E-state index in [1.54, 1.807) is 0 Å². The maximum absolute atomic E-state index is 11.5. The van der Waals surface area contributed by atoms with Crippen molar-refractivity contribution in [2.24, 2.45) is 5.28 Å². The summed E-state index contributed by atoms with van der Waals surface area (Å²) in [5.74, 6) is -0.536. The molecule has 6 heteroatoms. The summed E-state index contributed by atoms with van der Waals surface area (Å²) in [5.41, 5.74) is -1.16. The maximum Gasteiger partial charge on any atom is 0.382 e. The number of carbonyl (C=O) groups is 1. The third kappa shape index (κ3) is 1.64. The van der Waals surface area contributed by atoms with Gasteiger partial charge in [0.25, 0.3) is 5.54 Å². The molecule has 1 fully saturated rings. The lowest BCUT2D eigenvalue weighted by Gasteiger charge is -2.20. The van der Waals surface area contributed by atoms with E-state index in [2.05, 4.69) is 14.9 Å². The Morgan fingerprint density at radius 2 is 2.00 bits per heavy atom. The van der Waals surface area contributed by atoms with Gasteiger partial charge in [0.15, 0.2) is 0 Å². The van der Waals surface area contributed by atoms with E-state index in [9.17, 15) is 10.0 Å². The molecule has 0 aliphatic heterocycles. The Morgan fingerprint density at radius 1 is 1.43 bits per heavy atom. The first-order valence-corrected chi connectivity index (χ1v) is 4.47. The van der Waals surface area contributed by atoms with Crippen LogP contribution in [0.1, 0.15) is 25.7 Å². The molecule has 0 atom stereocenters. The number of hydrogen-bond acceptors (Lipinski definition) is 5. The number of esters is 1. The van der Waals surface area contributed by atoms with Gasteiger partial charge in [0.05, 0.1) is 7.11 Å². The lowest BCUT2D eigenvalue weighted by molar-refractivity contribution is -0.618. The fraction of sp³-hybridized carbons (Fsp3) is 0.875. The van der Waals surface area contributed by atoms with Crippen molar-refractivity contribution in [1.82, 2.24) is 0 Å². The Morgan fingerprint density at radius 3 is 2.43 bits per heavy atom. The molecule has 0 spiro atoms. The third-order valence-corrected chi connectivity index (χ3v) is 2.52. The van der Waals surface area contributed by atoms with E-state index in [0.717, 1.165) is 12.8 Å². The van der Waals surface area contributed by atoms with Crippen LogP contribution in [0.5, 0.6) is 0 Å². The van der Waals surface area contributed by atoms with Gasteiger partial charge in [0.2, 0.25) is 5.28 Å². The van der Waals surface area contributed by atoms with Crippen LogP contribution in [0.15, 0.2) is 5.28 Å². The van der Waals surface area contributed by atoms with Gasteiger partial charge in [-0.2, -0.15) is 0 Å². The van der Waals surface area contributed by atoms with Gasteiger partial charge in [-0.3, -0.25) is 0 Å². The Kier molecular flexibility index (Phi) is 3.27. The van der Waals surface area contributed by atoms with Crippen molar-refractivity contribution < 1.29 is 19.2 Å². The lowest BCUT2D eigenvalue weighted by atomic mass is 9.99. The average Bonchev–Trinajstić information content (AvgIpc) is 2.67. The summed E-state index contributed by atoms with van der Waals surface area (Å²) in [7, 11) is 2.54. The molecule has 6 nitrogen and oxygen atoms in total. The molecule has 0 heterocycles. The molecule has 1 aliphatic carbocycles. The van der Waals surface area contributed by atoms with E-state index in [4.69, 9.17) is 0 Å². The number of carbonyl (C=O) groups excluding carboxylic acids is 1. The number of rotatable bonds is 3. The average molecular weight is 202 g/mol. The summed E-state index contributed by atoms with van der Waals surface area (Å²) in [6.45, 7) is 0. The summed E-state index contributed by atoms with van der Waals surface area (Å²) in [4.78, 5) is 16.2. The molecular weight excluding hydrogens is 188 g/mol. The smallest absolute Gasteiger partial charge is 0.382 e. The van der Waals surface area contributed by atoms with Crippen molar-refractivity contribution >= 4 is 5.97 Å². The highest BCUT2D eigenvalue weighted by Crippen LogP contribution is 2.34. The van der Waals surface area contributed by atoms with Crippen molar-refractivity contribution in [3.05, 3.63) is 5.21 Å². The van der Waals surface area contributed by atoms with Crippen LogP contribution in [-0.2, 0) is 14.4 Å². The molecule has 1 saturated carbocycles. The van der Waals surface area contributed by atoms with E-state index in [0.29, 0.717) is 17.7 Å². The van der Waals surface area contributed by atoms with Crippen LogP contribution in [0.4, 0.5) is 0 Å². The molecule has 0 aromatic heterocycles. The van der Waals surface area contributed by atoms with Crippen molar-refractivity contribution in [3.63, 3.8) is 0 Å². The molecule has 0 radical (unpaired) electrons. The molecule has 0 aromatic carbocycles. The van der Waals surface area contributed by atoms with Gasteiger partial charge in [0, 0.05) is 12.8 Å². The minimum atomic E-state index is -1.16. The normalized spacial score (nSPS) is 20.6. The zero-order valence-electron chi connectivity index (χ0n) is 8.36. The first-order chi connectivity index (χ1) is 6.67. The number of hydroxylamine groups is 1. The Hall–Kier alpha value is -1.33. The summed E-state index contributed by atoms with van der Waals surface area (Å²) < 4.78 is 4.61. The van der Waals surface area contributed by atoms with Crippen LogP contribution in [0.25, 0.3) is 0 Å².